The third-order valence-corrected chi connectivity index (χ3v) is 3.27. The lowest BCUT2D eigenvalue weighted by Crippen LogP contribution is -2.34. The second-order valence-corrected chi connectivity index (χ2v) is 4.78. The number of rotatable bonds is 3. The van der Waals surface area contributed by atoms with E-state index in [-0.39, 0.29) is 6.42 Å². The van der Waals surface area contributed by atoms with Crippen molar-refractivity contribution < 1.29 is 9.84 Å². The summed E-state index contributed by atoms with van der Waals surface area (Å²) in [4.78, 5) is 28.0. The Kier molecular flexibility index (Phi) is 3.93. The zero-order chi connectivity index (χ0) is 14.9. The highest BCUT2D eigenvalue weighted by atomic mass is 16.5. The number of nitrogens with zero attached hydrogens (tertiary/aromatic N) is 4. The maximum Gasteiger partial charge on any atom is 0.330 e. The number of aromatic nitrogens is 2. The molecular weight excluding hydrogens is 266 g/mol. The minimum atomic E-state index is -0.838. The molecule has 1 aliphatic heterocycles. The Bertz CT molecular complexity index is 658. The van der Waals surface area contributed by atoms with Crippen LogP contribution in [0.1, 0.15) is 25.1 Å². The number of azide groups is 1. The van der Waals surface area contributed by atoms with E-state index in [1.165, 1.54) is 17.7 Å². The summed E-state index contributed by atoms with van der Waals surface area (Å²) in [7, 11) is 0. The van der Waals surface area contributed by atoms with Gasteiger partial charge in [-0.2, -0.15) is 0 Å². The molecule has 1 aliphatic rings. The molecule has 1 unspecified atom stereocenters. The van der Waals surface area contributed by atoms with Crippen LogP contribution >= 0.6 is 0 Å². The van der Waals surface area contributed by atoms with Crippen LogP contribution in [-0.4, -0.2) is 32.9 Å². The van der Waals surface area contributed by atoms with E-state index < -0.39 is 35.7 Å². The van der Waals surface area contributed by atoms with E-state index in [0.29, 0.717) is 5.56 Å². The molecule has 0 spiro atoms. The fourth-order valence-electron chi connectivity index (χ4n) is 2.26. The Morgan fingerprint density at radius 2 is 2.35 bits per heavy atom. The van der Waals surface area contributed by atoms with Gasteiger partial charge in [0.05, 0.1) is 18.2 Å². The topological polar surface area (TPSA) is 133 Å². The molecule has 0 saturated carbocycles. The van der Waals surface area contributed by atoms with Crippen LogP contribution in [0.25, 0.3) is 10.4 Å². The quantitative estimate of drug-likeness (QED) is 0.464. The maximum atomic E-state index is 11.8. The smallest absolute Gasteiger partial charge is 0.330 e. The van der Waals surface area contributed by atoms with Crippen molar-refractivity contribution in [2.45, 2.75) is 44.7 Å². The number of nitrogens with one attached hydrogen (secondary N) is 1. The molecule has 1 aromatic heterocycles. The molecule has 2 N–H and O–H groups in total. The van der Waals surface area contributed by atoms with Gasteiger partial charge in [-0.25, -0.2) is 4.79 Å². The van der Waals surface area contributed by atoms with E-state index >= 15 is 0 Å². The van der Waals surface area contributed by atoms with Crippen LogP contribution < -0.4 is 11.2 Å². The Balaban J connectivity index is 2.36. The highest BCUT2D eigenvalue weighted by molar-refractivity contribution is 5.02. The second kappa shape index (κ2) is 5.49. The minimum absolute atomic E-state index is 0.255. The summed E-state index contributed by atoms with van der Waals surface area (Å²) in [6, 6.07) is -0.566. The predicted molar refractivity (Wildman–Crippen MR) is 69.2 cm³/mol. The van der Waals surface area contributed by atoms with E-state index in [4.69, 9.17) is 10.3 Å². The molecule has 0 amide bonds. The Morgan fingerprint density at radius 3 is 2.95 bits per heavy atom. The molecular formula is C11H15N5O4. The van der Waals surface area contributed by atoms with Crippen molar-refractivity contribution in [2.24, 2.45) is 5.11 Å². The van der Waals surface area contributed by atoms with Gasteiger partial charge in [0, 0.05) is 23.1 Å². The lowest BCUT2D eigenvalue weighted by molar-refractivity contribution is -0.0574. The molecule has 9 heteroatoms. The zero-order valence-corrected chi connectivity index (χ0v) is 11.1. The van der Waals surface area contributed by atoms with Gasteiger partial charge in [-0.3, -0.25) is 14.3 Å². The van der Waals surface area contributed by atoms with Gasteiger partial charge in [0.15, 0.2) is 0 Å². The van der Waals surface area contributed by atoms with Crippen molar-refractivity contribution in [3.8, 4) is 0 Å². The number of aromatic amines is 1. The van der Waals surface area contributed by atoms with Crippen molar-refractivity contribution in [1.29, 1.82) is 0 Å². The largest absolute Gasteiger partial charge is 0.391 e. The van der Waals surface area contributed by atoms with E-state index in [1.54, 1.807) is 6.92 Å². The first-order valence-corrected chi connectivity index (χ1v) is 6.14. The Morgan fingerprint density at radius 1 is 1.65 bits per heavy atom. The van der Waals surface area contributed by atoms with Crippen molar-refractivity contribution in [2.75, 3.05) is 0 Å². The Labute approximate surface area is 113 Å². The molecule has 1 aromatic rings. The molecule has 4 atom stereocenters. The summed E-state index contributed by atoms with van der Waals surface area (Å²) in [6.45, 7) is 3.09. The van der Waals surface area contributed by atoms with Gasteiger partial charge in [0.25, 0.3) is 5.56 Å². The van der Waals surface area contributed by atoms with Gasteiger partial charge in [-0.1, -0.05) is 5.11 Å². The van der Waals surface area contributed by atoms with Crippen molar-refractivity contribution in [1.82, 2.24) is 9.55 Å². The van der Waals surface area contributed by atoms with E-state index in [1.807, 2.05) is 0 Å². The average Bonchev–Trinajstić information content (AvgIpc) is 2.78. The lowest BCUT2D eigenvalue weighted by atomic mass is 10.1. The SMILES string of the molecule is Cc1cn([C@H]2C[C@H](N=[N+]=[N-])C([C@H](C)O)O2)c(=O)[nH]c1=O. The highest BCUT2D eigenvalue weighted by Crippen LogP contribution is 2.31. The van der Waals surface area contributed by atoms with Crippen molar-refractivity contribution in [3.05, 3.63) is 43.0 Å². The summed E-state index contributed by atoms with van der Waals surface area (Å²) in [5, 5.41) is 13.2. The van der Waals surface area contributed by atoms with Crippen molar-refractivity contribution >= 4 is 0 Å². The number of hydrogen-bond acceptors (Lipinski definition) is 5. The first-order valence-electron chi connectivity index (χ1n) is 6.14. The molecule has 0 aromatic carbocycles. The van der Waals surface area contributed by atoms with Gasteiger partial charge in [-0.05, 0) is 19.4 Å². The fourth-order valence-corrected chi connectivity index (χ4v) is 2.26. The second-order valence-electron chi connectivity index (χ2n) is 4.78. The summed E-state index contributed by atoms with van der Waals surface area (Å²) >= 11 is 0. The number of ether oxygens (including phenoxy) is 1. The molecule has 0 bridgehead atoms. The maximum absolute atomic E-state index is 11.8. The molecule has 2 heterocycles. The lowest BCUT2D eigenvalue weighted by Gasteiger charge is -2.18. The number of aliphatic hydroxyl groups is 1. The van der Waals surface area contributed by atoms with Gasteiger partial charge in [0.1, 0.15) is 6.23 Å². The molecule has 9 nitrogen and oxygen atoms in total. The number of hydrogen-bond donors (Lipinski definition) is 2. The summed E-state index contributed by atoms with van der Waals surface area (Å²) in [5.74, 6) is 0. The van der Waals surface area contributed by atoms with Crippen molar-refractivity contribution in [3.63, 3.8) is 0 Å². The van der Waals surface area contributed by atoms with E-state index in [9.17, 15) is 14.7 Å². The molecule has 108 valence electrons. The summed E-state index contributed by atoms with van der Waals surface area (Å²) < 4.78 is 6.81. The Hall–Kier alpha value is -2.09. The molecule has 0 aliphatic carbocycles. The summed E-state index contributed by atoms with van der Waals surface area (Å²) in [6.07, 6.45) is -0.563. The molecule has 1 saturated heterocycles. The van der Waals surface area contributed by atoms with Gasteiger partial charge in [0.2, 0.25) is 0 Å². The normalized spacial score (nSPS) is 27.1. The molecule has 2 rings (SSSR count). The standard InChI is InChI=1S/C11H15N5O4/c1-5-4-16(11(19)13-10(5)18)8-3-7(14-15-12)9(20-8)6(2)17/h4,6-9,17H,3H2,1-2H3,(H,13,18,19)/t6-,7-,8+,9?/m0/s1. The van der Waals surface area contributed by atoms with Crippen LogP contribution in [-0.2, 0) is 4.74 Å². The molecule has 1 fully saturated rings. The van der Waals surface area contributed by atoms with Gasteiger partial charge in [-0.15, -0.1) is 0 Å². The summed E-state index contributed by atoms with van der Waals surface area (Å²) in [5.41, 5.74) is 7.84. The minimum Gasteiger partial charge on any atom is -0.391 e. The number of H-pyrrole nitrogens is 1. The third-order valence-electron chi connectivity index (χ3n) is 3.27. The number of aliphatic hydroxyl groups excluding tert-OH is 1. The highest BCUT2D eigenvalue weighted by Gasteiger charge is 2.38. The number of aryl methyl sites for hydroxylation is 1. The monoisotopic (exact) mass is 281 g/mol. The zero-order valence-electron chi connectivity index (χ0n) is 11.1. The van der Waals surface area contributed by atoms with Gasteiger partial charge >= 0.3 is 5.69 Å². The van der Waals surface area contributed by atoms with Crippen LogP contribution in [0.5, 0.6) is 0 Å². The fraction of sp³-hybridized carbons (Fsp3) is 0.636. The van der Waals surface area contributed by atoms with Crippen LogP contribution in [0.3, 0.4) is 0 Å². The van der Waals surface area contributed by atoms with E-state index in [2.05, 4.69) is 15.0 Å². The average molecular weight is 281 g/mol. The third kappa shape index (κ3) is 2.60. The first-order chi connectivity index (χ1) is 9.43. The van der Waals surface area contributed by atoms with Gasteiger partial charge < -0.3 is 9.84 Å². The van der Waals surface area contributed by atoms with Crippen LogP contribution in [0.2, 0.25) is 0 Å². The first kappa shape index (κ1) is 14.3. The van der Waals surface area contributed by atoms with E-state index in [0.717, 1.165) is 0 Å². The van der Waals surface area contributed by atoms with Crippen LogP contribution in [0.15, 0.2) is 20.9 Å². The van der Waals surface area contributed by atoms with Crippen LogP contribution in [0.4, 0.5) is 0 Å². The molecule has 20 heavy (non-hydrogen) atoms. The molecule has 0 radical (unpaired) electrons. The van der Waals surface area contributed by atoms with Crippen LogP contribution in [0, 0.1) is 6.92 Å². The predicted octanol–water partition coefficient (Wildman–Crippen LogP) is 0.192.